The maximum Gasteiger partial charge on any atom is 0.159 e. The first kappa shape index (κ1) is 16.6. The van der Waals surface area contributed by atoms with Crippen LogP contribution in [0.5, 0.6) is 0 Å². The Morgan fingerprint density at radius 2 is 1.90 bits per heavy atom. The third-order valence-electron chi connectivity index (χ3n) is 3.10. The Bertz CT molecular complexity index is 458. The van der Waals surface area contributed by atoms with E-state index in [1.54, 1.807) is 12.1 Å². The van der Waals surface area contributed by atoms with Crippen LogP contribution >= 0.6 is 0 Å². The van der Waals surface area contributed by atoms with Crippen molar-refractivity contribution >= 4 is 11.5 Å². The van der Waals surface area contributed by atoms with Crippen LogP contribution in [0.25, 0.3) is 0 Å². The molecule has 0 fully saturated rings. The summed E-state index contributed by atoms with van der Waals surface area (Å²) >= 11 is 0. The number of carbonyl (C=O) groups excluding carboxylic acids is 1. The Hall–Kier alpha value is -1.42. The van der Waals surface area contributed by atoms with Crippen molar-refractivity contribution in [2.75, 3.05) is 38.6 Å². The molecule has 0 aliphatic rings. The Balaban J connectivity index is 2.97. The zero-order valence-corrected chi connectivity index (χ0v) is 13.1. The maximum atomic E-state index is 14.2. The lowest BCUT2D eigenvalue weighted by Gasteiger charge is -2.28. The Labute approximate surface area is 121 Å². The molecule has 0 saturated carbocycles. The lowest BCUT2D eigenvalue weighted by molar-refractivity contribution is 0.101. The van der Waals surface area contributed by atoms with Gasteiger partial charge in [-0.25, -0.2) is 4.39 Å². The fourth-order valence-corrected chi connectivity index (χ4v) is 2.05. The minimum atomic E-state index is -0.322. The van der Waals surface area contributed by atoms with Gasteiger partial charge in [0, 0.05) is 25.2 Å². The van der Waals surface area contributed by atoms with E-state index < -0.39 is 0 Å². The van der Waals surface area contributed by atoms with Crippen LogP contribution < -0.4 is 4.90 Å². The number of anilines is 1. The van der Waals surface area contributed by atoms with Gasteiger partial charge in [-0.2, -0.15) is 0 Å². The molecule has 0 N–H and O–H groups in total. The molecule has 20 heavy (non-hydrogen) atoms. The number of hydrogen-bond donors (Lipinski definition) is 0. The molecule has 4 heteroatoms. The highest BCUT2D eigenvalue weighted by Crippen LogP contribution is 2.22. The number of ketones is 1. The highest BCUT2D eigenvalue weighted by atomic mass is 19.1. The van der Waals surface area contributed by atoms with Crippen LogP contribution in [0.3, 0.4) is 0 Å². The summed E-state index contributed by atoms with van der Waals surface area (Å²) in [5, 5.41) is 0. The molecule has 0 aliphatic heterocycles. The summed E-state index contributed by atoms with van der Waals surface area (Å²) in [4.78, 5) is 15.4. The third-order valence-corrected chi connectivity index (χ3v) is 3.10. The first-order chi connectivity index (χ1) is 9.31. The number of Topliss-reactive ketones (excluding diaryl/α,β-unsaturated/α-hetero) is 1. The van der Waals surface area contributed by atoms with Crippen LogP contribution in [0.15, 0.2) is 18.2 Å². The molecule has 0 unspecified atom stereocenters. The summed E-state index contributed by atoms with van der Waals surface area (Å²) in [5.41, 5.74) is 0.994. The van der Waals surface area contributed by atoms with E-state index in [1.165, 1.54) is 13.0 Å². The molecule has 112 valence electrons. The fourth-order valence-electron chi connectivity index (χ4n) is 2.05. The van der Waals surface area contributed by atoms with Crippen molar-refractivity contribution in [3.8, 4) is 0 Å². The average Bonchev–Trinajstić information content (AvgIpc) is 2.33. The van der Waals surface area contributed by atoms with Crippen molar-refractivity contribution in [3.63, 3.8) is 0 Å². The molecular weight excluding hydrogens is 255 g/mol. The Morgan fingerprint density at radius 1 is 1.25 bits per heavy atom. The van der Waals surface area contributed by atoms with Crippen LogP contribution in [0.2, 0.25) is 0 Å². The number of hydrogen-bond acceptors (Lipinski definition) is 3. The normalized spacial score (nSPS) is 11.2. The molecule has 0 amide bonds. The van der Waals surface area contributed by atoms with Gasteiger partial charge in [0.15, 0.2) is 5.78 Å². The number of benzene rings is 1. The lowest BCUT2D eigenvalue weighted by atomic mass is 10.1. The quantitative estimate of drug-likeness (QED) is 0.717. The van der Waals surface area contributed by atoms with E-state index >= 15 is 0 Å². The number of carbonyl (C=O) groups is 1. The zero-order chi connectivity index (χ0) is 15.3. The van der Waals surface area contributed by atoms with Gasteiger partial charge in [0.25, 0.3) is 0 Å². The molecule has 0 atom stereocenters. The third kappa shape index (κ3) is 4.93. The average molecular weight is 280 g/mol. The highest BCUT2D eigenvalue weighted by molar-refractivity contribution is 5.94. The second-order valence-electron chi connectivity index (χ2n) is 5.87. The van der Waals surface area contributed by atoms with Crippen molar-refractivity contribution in [1.82, 2.24) is 4.90 Å². The summed E-state index contributed by atoms with van der Waals surface area (Å²) in [5.74, 6) is 0.0142. The topological polar surface area (TPSA) is 23.6 Å². The van der Waals surface area contributed by atoms with E-state index in [0.717, 1.165) is 19.6 Å². The van der Waals surface area contributed by atoms with Crippen LogP contribution in [0.4, 0.5) is 10.1 Å². The molecule has 3 nitrogen and oxygen atoms in total. The Kier molecular flexibility index (Phi) is 6.14. The van der Waals surface area contributed by atoms with Gasteiger partial charge in [-0.15, -0.1) is 0 Å². The molecule has 0 aliphatic carbocycles. The van der Waals surface area contributed by atoms with Gasteiger partial charge in [-0.3, -0.25) is 4.79 Å². The predicted octanol–water partition coefficient (Wildman–Crippen LogP) is 3.05. The molecule has 0 spiro atoms. The van der Waals surface area contributed by atoms with Gasteiger partial charge in [-0.1, -0.05) is 13.8 Å². The molecule has 0 bridgehead atoms. The number of halogens is 1. The second kappa shape index (κ2) is 7.39. The van der Waals surface area contributed by atoms with Crippen molar-refractivity contribution in [2.24, 2.45) is 5.92 Å². The van der Waals surface area contributed by atoms with Gasteiger partial charge in [0.2, 0.25) is 0 Å². The minimum Gasteiger partial charge on any atom is -0.368 e. The van der Waals surface area contributed by atoms with Gasteiger partial charge in [0.05, 0.1) is 5.69 Å². The first-order valence-corrected chi connectivity index (χ1v) is 7.01. The van der Waals surface area contributed by atoms with E-state index in [-0.39, 0.29) is 11.6 Å². The molecule has 1 rings (SSSR count). The minimum absolute atomic E-state index is 0.112. The fraction of sp³-hybridized carbons (Fsp3) is 0.562. The molecule has 0 radical (unpaired) electrons. The largest absolute Gasteiger partial charge is 0.368 e. The smallest absolute Gasteiger partial charge is 0.159 e. The SMILES string of the molecule is CC(=O)c1ccc(N(CCN(C)C)CC(C)C)c(F)c1. The highest BCUT2D eigenvalue weighted by Gasteiger charge is 2.14. The molecule has 0 heterocycles. The van der Waals surface area contributed by atoms with Crippen molar-refractivity contribution < 1.29 is 9.18 Å². The van der Waals surface area contributed by atoms with Crippen LogP contribution in [0.1, 0.15) is 31.1 Å². The van der Waals surface area contributed by atoms with Gasteiger partial charge in [-0.05, 0) is 45.1 Å². The van der Waals surface area contributed by atoms with E-state index in [1.807, 2.05) is 19.0 Å². The maximum absolute atomic E-state index is 14.2. The van der Waals surface area contributed by atoms with Crippen molar-refractivity contribution in [1.29, 1.82) is 0 Å². The molecule has 0 saturated heterocycles. The van der Waals surface area contributed by atoms with E-state index in [0.29, 0.717) is 17.2 Å². The van der Waals surface area contributed by atoms with Gasteiger partial charge < -0.3 is 9.80 Å². The Morgan fingerprint density at radius 3 is 2.35 bits per heavy atom. The molecule has 1 aromatic rings. The summed E-state index contributed by atoms with van der Waals surface area (Å²) in [6.45, 7) is 8.10. The molecule has 1 aromatic carbocycles. The monoisotopic (exact) mass is 280 g/mol. The number of likely N-dealkylation sites (N-methyl/N-ethyl adjacent to an activating group) is 1. The molecule has 0 aromatic heterocycles. The summed E-state index contributed by atoms with van der Waals surface area (Å²) in [6.07, 6.45) is 0. The lowest BCUT2D eigenvalue weighted by Crippen LogP contribution is -2.35. The summed E-state index contributed by atoms with van der Waals surface area (Å²) in [7, 11) is 4.01. The van der Waals surface area contributed by atoms with Crippen molar-refractivity contribution in [2.45, 2.75) is 20.8 Å². The van der Waals surface area contributed by atoms with E-state index in [2.05, 4.69) is 18.7 Å². The predicted molar refractivity (Wildman–Crippen MR) is 82.0 cm³/mol. The van der Waals surface area contributed by atoms with Crippen LogP contribution in [-0.2, 0) is 0 Å². The number of nitrogens with zero attached hydrogens (tertiary/aromatic N) is 2. The van der Waals surface area contributed by atoms with Gasteiger partial charge in [0.1, 0.15) is 5.82 Å². The van der Waals surface area contributed by atoms with Crippen molar-refractivity contribution in [3.05, 3.63) is 29.6 Å². The van der Waals surface area contributed by atoms with Crippen LogP contribution in [0, 0.1) is 11.7 Å². The summed E-state index contributed by atoms with van der Waals surface area (Å²) < 4.78 is 14.2. The summed E-state index contributed by atoms with van der Waals surface area (Å²) in [6, 6.07) is 4.74. The van der Waals surface area contributed by atoms with E-state index in [4.69, 9.17) is 0 Å². The first-order valence-electron chi connectivity index (χ1n) is 7.01. The van der Waals surface area contributed by atoms with Gasteiger partial charge >= 0.3 is 0 Å². The zero-order valence-electron chi connectivity index (χ0n) is 13.1. The van der Waals surface area contributed by atoms with Crippen LogP contribution in [-0.4, -0.2) is 44.4 Å². The van der Waals surface area contributed by atoms with E-state index in [9.17, 15) is 9.18 Å². The molecular formula is C16H25FN2O. The second-order valence-corrected chi connectivity index (χ2v) is 5.87. The number of rotatable bonds is 7. The standard InChI is InChI=1S/C16H25FN2O/c1-12(2)11-19(9-8-18(4)5)16-7-6-14(13(3)20)10-15(16)17/h6-7,10,12H,8-9,11H2,1-5H3.